The Morgan fingerprint density at radius 3 is 1.81 bits per heavy atom. The van der Waals surface area contributed by atoms with Crippen LogP contribution >= 0.6 is 0 Å². The predicted octanol–water partition coefficient (Wildman–Crippen LogP) is 0.770. The first-order valence-corrected chi connectivity index (χ1v) is 6.51. The number of amides is 1. The van der Waals surface area contributed by atoms with E-state index in [0.29, 0.717) is 6.42 Å². The molecule has 0 aliphatic rings. The van der Waals surface area contributed by atoms with Crippen LogP contribution in [-0.4, -0.2) is 13.0 Å². The van der Waals surface area contributed by atoms with Crippen molar-refractivity contribution in [3.63, 3.8) is 0 Å². The molecule has 1 N–H and O–H groups in total. The van der Waals surface area contributed by atoms with Crippen LogP contribution in [0.4, 0.5) is 0 Å². The van der Waals surface area contributed by atoms with Crippen LogP contribution in [0.15, 0.2) is 0 Å². The summed E-state index contributed by atoms with van der Waals surface area (Å²) < 4.78 is 0. The Labute approximate surface area is 125 Å². The van der Waals surface area contributed by atoms with Crippen molar-refractivity contribution in [1.29, 1.82) is 0 Å². The normalized spacial score (nSPS) is 9.62. The second kappa shape index (κ2) is 15.5. The summed E-state index contributed by atoms with van der Waals surface area (Å²) in [6.45, 7) is 2.25. The van der Waals surface area contributed by atoms with Crippen LogP contribution < -0.4 is 34.9 Å². The van der Waals surface area contributed by atoms with Gasteiger partial charge < -0.3 is 6.74 Å². The van der Waals surface area contributed by atoms with E-state index in [4.69, 9.17) is 0 Å². The van der Waals surface area contributed by atoms with Gasteiger partial charge >= 0.3 is 29.6 Å². The number of rotatable bonds is 10. The van der Waals surface area contributed by atoms with Crippen molar-refractivity contribution in [1.82, 2.24) is 5.32 Å². The molecule has 0 unspecified atom stereocenters. The second-order valence-electron chi connectivity index (χ2n) is 4.25. The fourth-order valence-electron chi connectivity index (χ4n) is 1.72. The van der Waals surface area contributed by atoms with Gasteiger partial charge in [-0.3, -0.25) is 4.79 Å². The van der Waals surface area contributed by atoms with Gasteiger partial charge in [0, 0.05) is 13.5 Å². The first kappa shape index (κ1) is 18.8. The summed E-state index contributed by atoms with van der Waals surface area (Å²) in [7, 11) is 1.70. The minimum atomic E-state index is 0. The number of nitrogens with one attached hydrogen (secondary N) is 1. The van der Waals surface area contributed by atoms with E-state index in [1.165, 1.54) is 51.4 Å². The fourth-order valence-corrected chi connectivity index (χ4v) is 1.72. The Kier molecular flexibility index (Phi) is 18.2. The average Bonchev–Trinajstić information content (AvgIpc) is 2.26. The van der Waals surface area contributed by atoms with Gasteiger partial charge in [0.05, 0.1) is 0 Å². The summed E-state index contributed by atoms with van der Waals surface area (Å²) in [4.78, 5) is 10.9. The van der Waals surface area contributed by atoms with Crippen LogP contribution in [0.3, 0.4) is 0 Å². The van der Waals surface area contributed by atoms with Crippen molar-refractivity contribution >= 4 is 5.91 Å². The van der Waals surface area contributed by atoms with E-state index in [1.54, 1.807) is 7.05 Å². The summed E-state index contributed by atoms with van der Waals surface area (Å²) in [6.07, 6.45) is 12.5. The van der Waals surface area contributed by atoms with Gasteiger partial charge in [0.25, 0.3) is 0 Å². The molecule has 92 valence electrons. The van der Waals surface area contributed by atoms with E-state index in [1.807, 2.05) is 0 Å². The summed E-state index contributed by atoms with van der Waals surface area (Å²) in [5, 5.41) is 2.65. The first-order chi connectivity index (χ1) is 7.31. The Hall–Kier alpha value is 0.470. The monoisotopic (exact) mass is 237 g/mol. The number of hydrogen-bond acceptors (Lipinski definition) is 1. The summed E-state index contributed by atoms with van der Waals surface area (Å²) in [5.41, 5.74) is 0. The van der Waals surface area contributed by atoms with Crippen LogP contribution in [-0.2, 0) is 4.79 Å². The molecule has 0 atom stereocenters. The van der Waals surface area contributed by atoms with Crippen molar-refractivity contribution < 1.29 is 35.8 Å². The van der Waals surface area contributed by atoms with Gasteiger partial charge in [-0.25, -0.2) is 0 Å². The standard InChI is InChI=1S/C13H27NO.Na.H/c1-3-4-5-6-7-8-9-10-11-12-13(15)14-2;;/h3-12H2,1-2H3,(H,14,15);;/q;+1;-1. The third kappa shape index (κ3) is 14.5. The largest absolute Gasteiger partial charge is 1.00 e. The molecule has 1 amide bonds. The van der Waals surface area contributed by atoms with Gasteiger partial charge in [-0.2, -0.15) is 0 Å². The van der Waals surface area contributed by atoms with E-state index in [2.05, 4.69) is 12.2 Å². The Morgan fingerprint density at radius 1 is 0.938 bits per heavy atom. The third-order valence-corrected chi connectivity index (χ3v) is 2.79. The molecule has 0 saturated heterocycles. The van der Waals surface area contributed by atoms with Crippen molar-refractivity contribution in [3.05, 3.63) is 0 Å². The number of hydrogen-bond donors (Lipinski definition) is 1. The molecule has 2 nitrogen and oxygen atoms in total. The van der Waals surface area contributed by atoms with Gasteiger partial charge in [0.2, 0.25) is 5.91 Å². The number of carbonyl (C=O) groups excluding carboxylic acids is 1. The maximum Gasteiger partial charge on any atom is 1.00 e. The average molecular weight is 237 g/mol. The topological polar surface area (TPSA) is 29.1 Å². The van der Waals surface area contributed by atoms with E-state index < -0.39 is 0 Å². The summed E-state index contributed by atoms with van der Waals surface area (Å²) in [6, 6.07) is 0. The predicted molar refractivity (Wildman–Crippen MR) is 67.0 cm³/mol. The van der Waals surface area contributed by atoms with Crippen molar-refractivity contribution in [2.75, 3.05) is 7.05 Å². The molecular formula is C13H28NNaO. The number of carbonyl (C=O) groups is 1. The molecule has 0 rings (SSSR count). The van der Waals surface area contributed by atoms with E-state index in [-0.39, 0.29) is 36.9 Å². The molecule has 0 spiro atoms. The van der Waals surface area contributed by atoms with Crippen LogP contribution in [0.5, 0.6) is 0 Å². The molecule has 0 aromatic heterocycles. The van der Waals surface area contributed by atoms with Crippen molar-refractivity contribution in [2.24, 2.45) is 0 Å². The Bertz CT molecular complexity index is 156. The maximum absolute atomic E-state index is 10.9. The molecule has 0 bridgehead atoms. The smallest absolute Gasteiger partial charge is 1.00 e. The third-order valence-electron chi connectivity index (χ3n) is 2.79. The van der Waals surface area contributed by atoms with Crippen LogP contribution in [0.25, 0.3) is 0 Å². The van der Waals surface area contributed by atoms with Gasteiger partial charge in [0.15, 0.2) is 0 Å². The van der Waals surface area contributed by atoms with Crippen molar-refractivity contribution in [2.45, 2.75) is 71.1 Å². The van der Waals surface area contributed by atoms with Crippen LogP contribution in [0.1, 0.15) is 72.6 Å². The van der Waals surface area contributed by atoms with Crippen molar-refractivity contribution in [3.8, 4) is 0 Å². The minimum Gasteiger partial charge on any atom is -1.00 e. The fraction of sp³-hybridized carbons (Fsp3) is 0.923. The Morgan fingerprint density at radius 2 is 1.38 bits per heavy atom. The molecule has 0 saturated carbocycles. The molecule has 0 aliphatic carbocycles. The minimum absolute atomic E-state index is 0. The molecule has 16 heavy (non-hydrogen) atoms. The zero-order chi connectivity index (χ0) is 11.4. The van der Waals surface area contributed by atoms with Gasteiger partial charge in [-0.05, 0) is 6.42 Å². The van der Waals surface area contributed by atoms with Gasteiger partial charge in [-0.15, -0.1) is 0 Å². The number of unbranched alkanes of at least 4 members (excludes halogenated alkanes) is 8. The molecule has 3 heteroatoms. The first-order valence-electron chi connectivity index (χ1n) is 6.51. The van der Waals surface area contributed by atoms with E-state index in [0.717, 1.165) is 6.42 Å². The maximum atomic E-state index is 10.9. The molecule has 0 aromatic rings. The zero-order valence-electron chi connectivity index (χ0n) is 12.5. The molecule has 0 radical (unpaired) electrons. The molecule has 0 fully saturated rings. The molecule has 0 aliphatic heterocycles. The zero-order valence-corrected chi connectivity index (χ0v) is 13.5. The van der Waals surface area contributed by atoms with Gasteiger partial charge in [0.1, 0.15) is 0 Å². The van der Waals surface area contributed by atoms with E-state index in [9.17, 15) is 4.79 Å². The van der Waals surface area contributed by atoms with Crippen LogP contribution in [0, 0.1) is 0 Å². The SMILES string of the molecule is CCCCCCCCCCCC(=O)NC.[H-].[Na+]. The van der Waals surface area contributed by atoms with E-state index >= 15 is 0 Å². The molecule has 0 heterocycles. The summed E-state index contributed by atoms with van der Waals surface area (Å²) in [5.74, 6) is 0.179. The van der Waals surface area contributed by atoms with Gasteiger partial charge in [-0.1, -0.05) is 58.3 Å². The molecular weight excluding hydrogens is 209 g/mol. The quantitative estimate of drug-likeness (QED) is 0.441. The molecule has 0 aromatic carbocycles. The summed E-state index contributed by atoms with van der Waals surface area (Å²) >= 11 is 0. The Balaban J connectivity index is -0.000000980. The second-order valence-corrected chi connectivity index (χ2v) is 4.25. The van der Waals surface area contributed by atoms with Crippen LogP contribution in [0.2, 0.25) is 0 Å².